The molecular weight excluding hydrogens is 266 g/mol. The van der Waals surface area contributed by atoms with E-state index in [-0.39, 0.29) is 12.2 Å². The lowest BCUT2D eigenvalue weighted by molar-refractivity contribution is 0.0827. The second-order valence-electron chi connectivity index (χ2n) is 3.40. The molecule has 0 aliphatic carbocycles. The topological polar surface area (TPSA) is 17.1 Å². The van der Waals surface area contributed by atoms with Crippen LogP contribution in [0.1, 0.15) is 28.8 Å². The van der Waals surface area contributed by atoms with Gasteiger partial charge in [0.1, 0.15) is 0 Å². The Labute approximate surface area is 95.6 Å². The molecule has 0 aliphatic heterocycles. The van der Waals surface area contributed by atoms with Gasteiger partial charge in [0.25, 0.3) is 0 Å². The Hall–Kier alpha value is -0.770. The highest BCUT2D eigenvalue weighted by Crippen LogP contribution is 2.27. The second kappa shape index (κ2) is 4.84. The highest BCUT2D eigenvalue weighted by Gasteiger charge is 2.24. The highest BCUT2D eigenvalue weighted by atomic mass is 79.9. The van der Waals surface area contributed by atoms with Gasteiger partial charge in [-0.25, -0.2) is 0 Å². The number of hydrogen-bond acceptors (Lipinski definition) is 1. The molecule has 82 valence electrons. The summed E-state index contributed by atoms with van der Waals surface area (Å²) in [5.74, 6) is -0.255. The van der Waals surface area contributed by atoms with E-state index in [1.54, 1.807) is 24.3 Å². The van der Waals surface area contributed by atoms with Crippen molar-refractivity contribution in [1.82, 2.24) is 0 Å². The van der Waals surface area contributed by atoms with E-state index in [0.29, 0.717) is 5.56 Å². The molecule has 0 atom stereocenters. The summed E-state index contributed by atoms with van der Waals surface area (Å²) in [6, 6.07) is 6.90. The molecule has 4 heteroatoms. The molecule has 0 unspecified atom stereocenters. The van der Waals surface area contributed by atoms with E-state index >= 15 is 0 Å². The van der Waals surface area contributed by atoms with Gasteiger partial charge in [-0.15, -0.1) is 0 Å². The molecule has 0 N–H and O–H groups in total. The van der Waals surface area contributed by atoms with Gasteiger partial charge in [0.15, 0.2) is 5.78 Å². The van der Waals surface area contributed by atoms with Crippen molar-refractivity contribution >= 4 is 21.7 Å². The zero-order chi connectivity index (χ0) is 11.5. The van der Waals surface area contributed by atoms with Gasteiger partial charge in [0, 0.05) is 18.4 Å². The molecule has 0 aliphatic rings. The molecule has 1 aromatic rings. The van der Waals surface area contributed by atoms with Crippen molar-refractivity contribution in [3.05, 3.63) is 35.4 Å². The van der Waals surface area contributed by atoms with Gasteiger partial charge in [-0.05, 0) is 22.9 Å². The van der Waals surface area contributed by atoms with E-state index in [1.807, 2.05) is 6.92 Å². The minimum absolute atomic E-state index is 0.151. The fourth-order valence-corrected chi connectivity index (χ4v) is 1.34. The normalized spacial score (nSPS) is 11.5. The molecule has 0 bridgehead atoms. The minimum Gasteiger partial charge on any atom is -0.294 e. The van der Waals surface area contributed by atoms with Crippen LogP contribution in [0.15, 0.2) is 24.3 Å². The van der Waals surface area contributed by atoms with Gasteiger partial charge in [-0.2, -0.15) is 8.78 Å². The standard InChI is InChI=1S/C11H11BrF2O/c1-8-2-4-9(5-3-8)10(15)6-7-11(12,13)14/h2-5H,6-7H2,1H3. The van der Waals surface area contributed by atoms with Gasteiger partial charge in [-0.3, -0.25) is 4.79 Å². The fraction of sp³-hybridized carbons (Fsp3) is 0.364. The van der Waals surface area contributed by atoms with Crippen LogP contribution in [0.2, 0.25) is 0 Å². The Bertz CT molecular complexity index is 341. The predicted octanol–water partition coefficient (Wildman–Crippen LogP) is 3.95. The number of ketones is 1. The van der Waals surface area contributed by atoms with Crippen LogP contribution in [0.4, 0.5) is 8.78 Å². The molecule has 0 radical (unpaired) electrons. The molecule has 0 spiro atoms. The minimum atomic E-state index is -2.95. The van der Waals surface area contributed by atoms with Crippen molar-refractivity contribution in [2.24, 2.45) is 0 Å². The van der Waals surface area contributed by atoms with Crippen LogP contribution in [-0.4, -0.2) is 10.6 Å². The highest BCUT2D eigenvalue weighted by molar-refractivity contribution is 9.09. The van der Waals surface area contributed by atoms with Gasteiger partial charge in [0.05, 0.1) is 0 Å². The summed E-state index contributed by atoms with van der Waals surface area (Å²) in [7, 11) is 0. The molecule has 0 saturated heterocycles. The van der Waals surface area contributed by atoms with Crippen molar-refractivity contribution in [2.45, 2.75) is 24.6 Å². The molecule has 0 amide bonds. The maximum absolute atomic E-state index is 12.4. The summed E-state index contributed by atoms with van der Waals surface area (Å²) in [4.78, 5) is 8.50. The summed E-state index contributed by atoms with van der Waals surface area (Å²) in [6.45, 7) is 1.90. The molecule has 0 aromatic heterocycles. The van der Waals surface area contributed by atoms with Gasteiger partial charge in [0.2, 0.25) is 0 Å². The SMILES string of the molecule is Cc1ccc(C(=O)CCC(F)(F)Br)cc1. The lowest BCUT2D eigenvalue weighted by Gasteiger charge is -2.06. The first-order valence-corrected chi connectivity index (χ1v) is 5.34. The third-order valence-electron chi connectivity index (χ3n) is 2.01. The van der Waals surface area contributed by atoms with E-state index in [0.717, 1.165) is 5.56 Å². The average Bonchev–Trinajstić information content (AvgIpc) is 2.14. The fourth-order valence-electron chi connectivity index (χ4n) is 1.14. The Morgan fingerprint density at radius 2 is 1.87 bits per heavy atom. The van der Waals surface area contributed by atoms with Crippen LogP contribution in [0, 0.1) is 6.92 Å². The Morgan fingerprint density at radius 1 is 1.33 bits per heavy atom. The number of rotatable bonds is 4. The van der Waals surface area contributed by atoms with Crippen molar-refractivity contribution in [3.63, 3.8) is 0 Å². The Kier molecular flexibility index (Phi) is 3.97. The largest absolute Gasteiger partial charge is 0.301 e. The summed E-state index contributed by atoms with van der Waals surface area (Å²) < 4.78 is 24.9. The van der Waals surface area contributed by atoms with E-state index in [2.05, 4.69) is 15.9 Å². The van der Waals surface area contributed by atoms with Crippen LogP contribution in [0.25, 0.3) is 0 Å². The van der Waals surface area contributed by atoms with E-state index in [9.17, 15) is 13.6 Å². The third-order valence-corrected chi connectivity index (χ3v) is 2.41. The summed E-state index contributed by atoms with van der Waals surface area (Å²) in [5, 5.41) is 0. The van der Waals surface area contributed by atoms with E-state index in [4.69, 9.17) is 0 Å². The number of alkyl halides is 3. The van der Waals surface area contributed by atoms with Crippen LogP contribution >= 0.6 is 15.9 Å². The molecule has 1 aromatic carbocycles. The van der Waals surface area contributed by atoms with Crippen molar-refractivity contribution in [2.75, 3.05) is 0 Å². The Balaban J connectivity index is 2.58. The van der Waals surface area contributed by atoms with E-state index < -0.39 is 11.3 Å². The number of carbonyl (C=O) groups is 1. The summed E-state index contributed by atoms with van der Waals surface area (Å²) >= 11 is 2.21. The number of Topliss-reactive ketones (excluding diaryl/α,β-unsaturated/α-hetero) is 1. The number of aryl methyl sites for hydroxylation is 1. The first kappa shape index (κ1) is 12.3. The average molecular weight is 277 g/mol. The predicted molar refractivity (Wildman–Crippen MR) is 58.6 cm³/mol. The molecule has 0 saturated carbocycles. The van der Waals surface area contributed by atoms with Crippen LogP contribution in [0.5, 0.6) is 0 Å². The summed E-state index contributed by atoms with van der Waals surface area (Å²) in [6.07, 6.45) is -0.624. The maximum Gasteiger partial charge on any atom is 0.301 e. The molecule has 1 rings (SSSR count). The van der Waals surface area contributed by atoms with Crippen LogP contribution in [-0.2, 0) is 0 Å². The van der Waals surface area contributed by atoms with Crippen molar-refractivity contribution in [1.29, 1.82) is 0 Å². The van der Waals surface area contributed by atoms with Crippen molar-refractivity contribution in [3.8, 4) is 0 Å². The number of carbonyl (C=O) groups excluding carboxylic acids is 1. The zero-order valence-electron chi connectivity index (χ0n) is 8.27. The quantitative estimate of drug-likeness (QED) is 0.601. The molecule has 0 heterocycles. The second-order valence-corrected chi connectivity index (χ2v) is 4.56. The summed E-state index contributed by atoms with van der Waals surface area (Å²) in [5.41, 5.74) is 1.52. The number of halogens is 3. The van der Waals surface area contributed by atoms with Gasteiger partial charge < -0.3 is 0 Å². The van der Waals surface area contributed by atoms with Gasteiger partial charge in [-0.1, -0.05) is 29.8 Å². The van der Waals surface area contributed by atoms with Crippen molar-refractivity contribution < 1.29 is 13.6 Å². The van der Waals surface area contributed by atoms with Crippen LogP contribution < -0.4 is 0 Å². The first-order valence-electron chi connectivity index (χ1n) is 4.55. The lowest BCUT2D eigenvalue weighted by atomic mass is 10.1. The third kappa shape index (κ3) is 4.51. The Morgan fingerprint density at radius 3 is 2.33 bits per heavy atom. The molecule has 0 fully saturated rings. The van der Waals surface area contributed by atoms with Gasteiger partial charge >= 0.3 is 4.83 Å². The smallest absolute Gasteiger partial charge is 0.294 e. The molecular formula is C11H11BrF2O. The van der Waals surface area contributed by atoms with Crippen LogP contribution in [0.3, 0.4) is 0 Å². The molecule has 15 heavy (non-hydrogen) atoms. The van der Waals surface area contributed by atoms with E-state index in [1.165, 1.54) is 0 Å². The first-order chi connectivity index (χ1) is 6.88. The number of hydrogen-bond donors (Lipinski definition) is 0. The molecule has 1 nitrogen and oxygen atoms in total. The monoisotopic (exact) mass is 276 g/mol. The maximum atomic E-state index is 12.4. The zero-order valence-corrected chi connectivity index (χ0v) is 9.85. The lowest BCUT2D eigenvalue weighted by Crippen LogP contribution is -2.09. The number of benzene rings is 1.